The molecule has 9 heteroatoms. The van der Waals surface area contributed by atoms with E-state index < -0.39 is 0 Å². The second kappa shape index (κ2) is 14.1. The molecule has 0 aliphatic carbocycles. The Morgan fingerprint density at radius 2 is 1.96 bits per heavy atom. The highest BCUT2D eigenvalue weighted by atomic mass is 32.2. The summed E-state index contributed by atoms with van der Waals surface area (Å²) in [5.74, 6) is 1.08. The van der Waals surface area contributed by atoms with Crippen LogP contribution in [0.1, 0.15) is 19.4 Å². The third kappa shape index (κ3) is 10.3. The molecule has 0 radical (unpaired) electrons. The normalized spacial score (nSPS) is 11.4. The van der Waals surface area contributed by atoms with Crippen molar-refractivity contribution >= 4 is 51.0 Å². The molecule has 1 aromatic carbocycles. The van der Waals surface area contributed by atoms with Crippen LogP contribution in [0.5, 0.6) is 0 Å². The number of anilines is 3. The van der Waals surface area contributed by atoms with Crippen molar-refractivity contribution in [3.8, 4) is 0 Å². The van der Waals surface area contributed by atoms with E-state index in [2.05, 4.69) is 15.3 Å². The minimum absolute atomic E-state index is 0.634. The van der Waals surface area contributed by atoms with E-state index in [1.165, 1.54) is 17.6 Å². The SMILES string of the molecule is CC.CNc1ccc(N)c(C=N)c1.NC1=NCCS1.Nc1nccs1. The molecular weight excluding hydrogens is 354 g/mol. The van der Waals surface area contributed by atoms with Crippen molar-refractivity contribution in [2.45, 2.75) is 13.8 Å². The Morgan fingerprint density at radius 1 is 1.24 bits per heavy atom. The topological polar surface area (TPSA) is 139 Å². The summed E-state index contributed by atoms with van der Waals surface area (Å²) >= 11 is 3.07. The molecule has 2 aromatic rings. The van der Waals surface area contributed by atoms with Gasteiger partial charge in [0.05, 0.1) is 6.54 Å². The summed E-state index contributed by atoms with van der Waals surface area (Å²) in [6.45, 7) is 4.91. The van der Waals surface area contributed by atoms with Crippen molar-refractivity contribution in [1.82, 2.24) is 4.98 Å². The van der Waals surface area contributed by atoms with E-state index in [9.17, 15) is 0 Å². The van der Waals surface area contributed by atoms with Gasteiger partial charge in [0.1, 0.15) is 0 Å². The molecule has 0 saturated carbocycles. The lowest BCUT2D eigenvalue weighted by molar-refractivity contribution is 1.17. The van der Waals surface area contributed by atoms with Crippen molar-refractivity contribution in [3.05, 3.63) is 35.3 Å². The predicted octanol–water partition coefficient (Wildman–Crippen LogP) is 3.11. The van der Waals surface area contributed by atoms with Crippen LogP contribution >= 0.6 is 23.1 Å². The van der Waals surface area contributed by atoms with Gasteiger partial charge in [0, 0.05) is 47.5 Å². The summed E-state index contributed by atoms with van der Waals surface area (Å²) < 4.78 is 0. The number of benzene rings is 1. The minimum atomic E-state index is 0.634. The van der Waals surface area contributed by atoms with Gasteiger partial charge >= 0.3 is 0 Å². The molecule has 0 saturated heterocycles. The number of hydrogen-bond acceptors (Lipinski definition) is 9. The summed E-state index contributed by atoms with van der Waals surface area (Å²) in [5, 5.41) is 13.2. The average Bonchev–Trinajstić information content (AvgIpc) is 3.32. The van der Waals surface area contributed by atoms with E-state index >= 15 is 0 Å². The van der Waals surface area contributed by atoms with Crippen LogP contribution in [0.3, 0.4) is 0 Å². The number of hydrogen-bond donors (Lipinski definition) is 5. The smallest absolute Gasteiger partial charge is 0.179 e. The number of nitrogens with two attached hydrogens (primary N) is 3. The molecule has 138 valence electrons. The van der Waals surface area contributed by atoms with E-state index in [0.717, 1.165) is 28.7 Å². The van der Waals surface area contributed by atoms with E-state index in [4.69, 9.17) is 22.6 Å². The first-order chi connectivity index (χ1) is 12.1. The van der Waals surface area contributed by atoms with Crippen LogP contribution in [-0.2, 0) is 0 Å². The summed E-state index contributed by atoms with van der Waals surface area (Å²) in [4.78, 5) is 7.61. The van der Waals surface area contributed by atoms with Crippen LogP contribution in [0.15, 0.2) is 34.8 Å². The van der Waals surface area contributed by atoms with Crippen LogP contribution in [0, 0.1) is 5.41 Å². The maximum atomic E-state index is 7.02. The fourth-order valence-electron chi connectivity index (χ4n) is 1.44. The molecule has 7 nitrogen and oxygen atoms in total. The lowest BCUT2D eigenvalue weighted by Gasteiger charge is -2.02. The first-order valence-corrected chi connectivity index (χ1v) is 9.58. The van der Waals surface area contributed by atoms with Gasteiger partial charge in [-0.25, -0.2) is 4.98 Å². The quantitative estimate of drug-likeness (QED) is 0.400. The lowest BCUT2D eigenvalue weighted by Crippen LogP contribution is -2.00. The summed E-state index contributed by atoms with van der Waals surface area (Å²) in [5.41, 5.74) is 18.4. The Labute approximate surface area is 157 Å². The molecule has 1 aromatic heterocycles. The number of amidine groups is 1. The zero-order valence-corrected chi connectivity index (χ0v) is 16.5. The molecular formula is C16H27N7S2. The van der Waals surface area contributed by atoms with Crippen LogP contribution in [0.4, 0.5) is 16.5 Å². The van der Waals surface area contributed by atoms with Gasteiger partial charge in [-0.2, -0.15) is 0 Å². The molecule has 1 aliphatic rings. The third-order valence-corrected chi connectivity index (χ3v) is 4.01. The highest BCUT2D eigenvalue weighted by Gasteiger charge is 1.98. The lowest BCUT2D eigenvalue weighted by atomic mass is 10.2. The van der Waals surface area contributed by atoms with E-state index in [-0.39, 0.29) is 0 Å². The van der Waals surface area contributed by atoms with Crippen molar-refractivity contribution in [1.29, 1.82) is 5.41 Å². The van der Waals surface area contributed by atoms with Crippen LogP contribution in [0.2, 0.25) is 0 Å². The minimum Gasteiger partial charge on any atom is -0.398 e. The number of nitrogens with one attached hydrogen (secondary N) is 2. The maximum Gasteiger partial charge on any atom is 0.179 e. The number of thioether (sulfide) groups is 1. The van der Waals surface area contributed by atoms with Crippen LogP contribution < -0.4 is 22.5 Å². The Kier molecular flexibility index (Phi) is 12.8. The van der Waals surface area contributed by atoms with Crippen molar-refractivity contribution in [2.75, 3.05) is 36.1 Å². The van der Waals surface area contributed by atoms with E-state index in [1.54, 1.807) is 24.0 Å². The van der Waals surface area contributed by atoms with Gasteiger partial charge in [0.2, 0.25) is 0 Å². The average molecular weight is 382 g/mol. The molecule has 1 aliphatic heterocycles. The fourth-order valence-corrected chi connectivity index (χ4v) is 2.40. The maximum absolute atomic E-state index is 7.02. The number of aliphatic imine (C=N–C) groups is 1. The number of nitrogen functional groups attached to an aromatic ring is 2. The van der Waals surface area contributed by atoms with E-state index in [1.807, 2.05) is 38.4 Å². The number of aromatic nitrogens is 1. The molecule has 3 rings (SSSR count). The van der Waals surface area contributed by atoms with Gasteiger partial charge < -0.3 is 27.9 Å². The number of nitrogens with zero attached hydrogens (tertiary/aromatic N) is 2. The van der Waals surface area contributed by atoms with Crippen LogP contribution in [-0.4, -0.2) is 35.7 Å². The first-order valence-electron chi connectivity index (χ1n) is 7.72. The van der Waals surface area contributed by atoms with Gasteiger partial charge in [0.15, 0.2) is 10.3 Å². The molecule has 0 spiro atoms. The molecule has 0 fully saturated rings. The molecule has 0 unspecified atom stereocenters. The monoisotopic (exact) mass is 381 g/mol. The van der Waals surface area contributed by atoms with Crippen molar-refractivity contribution in [3.63, 3.8) is 0 Å². The first kappa shape index (κ1) is 22.7. The van der Waals surface area contributed by atoms with Gasteiger partial charge in [0.25, 0.3) is 0 Å². The van der Waals surface area contributed by atoms with Gasteiger partial charge in [-0.05, 0) is 18.2 Å². The molecule has 0 amide bonds. The second-order valence-corrected chi connectivity index (χ2v) is 6.22. The zero-order valence-electron chi connectivity index (χ0n) is 14.8. The van der Waals surface area contributed by atoms with Gasteiger partial charge in [-0.1, -0.05) is 25.6 Å². The molecule has 0 atom stereocenters. The highest BCUT2D eigenvalue weighted by molar-refractivity contribution is 8.14. The highest BCUT2D eigenvalue weighted by Crippen LogP contribution is 2.14. The Bertz CT molecular complexity index is 627. The number of rotatable bonds is 2. The molecule has 2 heterocycles. The summed E-state index contributed by atoms with van der Waals surface area (Å²) in [6, 6.07) is 5.50. The van der Waals surface area contributed by atoms with Gasteiger partial charge in [-0.15, -0.1) is 11.3 Å². The Morgan fingerprint density at radius 3 is 2.28 bits per heavy atom. The largest absolute Gasteiger partial charge is 0.398 e. The second-order valence-electron chi connectivity index (χ2n) is 4.18. The third-order valence-electron chi connectivity index (χ3n) is 2.59. The molecule has 8 N–H and O–H groups in total. The molecule has 25 heavy (non-hydrogen) atoms. The molecule has 0 bridgehead atoms. The standard InChI is InChI=1S/C8H11N3.C3H6N2S.C3H4N2S.C2H6/c1-11-7-2-3-8(10)6(4-7)5-9;2*4-3-5-1-2-6-3;1-2/h2-5,9,11H,10H2,1H3;1-2H2,(H2,4,5);1-2H,(H2,4,5);1-2H3. The fraction of sp³-hybridized carbons (Fsp3) is 0.312. The van der Waals surface area contributed by atoms with Gasteiger partial charge in [-0.3, -0.25) is 4.99 Å². The Balaban J connectivity index is 0.000000351. The Hall–Kier alpha value is -2.26. The summed E-state index contributed by atoms with van der Waals surface area (Å²) in [7, 11) is 1.83. The predicted molar refractivity (Wildman–Crippen MR) is 115 cm³/mol. The van der Waals surface area contributed by atoms with Crippen molar-refractivity contribution < 1.29 is 0 Å². The summed E-state index contributed by atoms with van der Waals surface area (Å²) in [6.07, 6.45) is 2.93. The zero-order chi connectivity index (χ0) is 19.1. The van der Waals surface area contributed by atoms with Crippen LogP contribution in [0.25, 0.3) is 0 Å². The van der Waals surface area contributed by atoms with E-state index in [0.29, 0.717) is 10.8 Å². The number of thiazole rings is 1. The van der Waals surface area contributed by atoms with Crippen molar-refractivity contribution in [2.24, 2.45) is 10.7 Å².